The molecule has 19 heavy (non-hydrogen) atoms. The number of nitrogens with zero attached hydrogens (tertiary/aromatic N) is 1. The van der Waals surface area contributed by atoms with Crippen LogP contribution >= 0.6 is 0 Å². The molecule has 2 rings (SSSR count). The van der Waals surface area contributed by atoms with Crippen molar-refractivity contribution in [1.82, 2.24) is 4.98 Å². The maximum atomic E-state index is 13.7. The average molecular weight is 260 g/mol. The highest BCUT2D eigenvalue weighted by Crippen LogP contribution is 2.26. The van der Waals surface area contributed by atoms with Crippen molar-refractivity contribution in [2.45, 2.75) is 19.4 Å². The molecule has 0 fully saturated rings. The van der Waals surface area contributed by atoms with Gasteiger partial charge < -0.3 is 10.5 Å². The average Bonchev–Trinajstić information content (AvgIpc) is 2.46. The first kappa shape index (κ1) is 13.5. The van der Waals surface area contributed by atoms with Crippen molar-refractivity contribution >= 4 is 0 Å². The molecule has 0 saturated heterocycles. The first-order valence-corrected chi connectivity index (χ1v) is 6.19. The van der Waals surface area contributed by atoms with E-state index in [-0.39, 0.29) is 11.8 Å². The third-order valence-electron chi connectivity index (χ3n) is 3.19. The van der Waals surface area contributed by atoms with Crippen LogP contribution < -0.4 is 10.5 Å². The number of rotatable bonds is 4. The van der Waals surface area contributed by atoms with Gasteiger partial charge in [0.15, 0.2) is 11.6 Å². The van der Waals surface area contributed by atoms with Crippen molar-refractivity contribution in [3.63, 3.8) is 0 Å². The zero-order valence-electron chi connectivity index (χ0n) is 11.1. The summed E-state index contributed by atoms with van der Waals surface area (Å²) in [6, 6.07) is 6.32. The van der Waals surface area contributed by atoms with E-state index in [0.29, 0.717) is 0 Å². The molecule has 0 spiro atoms. The third-order valence-corrected chi connectivity index (χ3v) is 3.19. The molecule has 1 heterocycles. The summed E-state index contributed by atoms with van der Waals surface area (Å²) in [6.07, 6.45) is 4.35. The zero-order chi connectivity index (χ0) is 13.8. The molecule has 100 valence electrons. The lowest BCUT2D eigenvalue weighted by Gasteiger charge is -2.16. The second-order valence-electron chi connectivity index (χ2n) is 4.30. The molecule has 0 saturated carbocycles. The van der Waals surface area contributed by atoms with Crippen LogP contribution in [0.5, 0.6) is 5.75 Å². The van der Waals surface area contributed by atoms with Gasteiger partial charge in [-0.1, -0.05) is 13.0 Å². The van der Waals surface area contributed by atoms with Gasteiger partial charge in [0.2, 0.25) is 0 Å². The predicted octanol–water partition coefficient (Wildman–Crippen LogP) is 2.84. The topological polar surface area (TPSA) is 48.1 Å². The lowest BCUT2D eigenvalue weighted by molar-refractivity contribution is 0.386. The van der Waals surface area contributed by atoms with Crippen molar-refractivity contribution < 1.29 is 9.13 Å². The summed E-state index contributed by atoms with van der Waals surface area (Å²) in [5.74, 6) is -0.177. The van der Waals surface area contributed by atoms with Crippen molar-refractivity contribution in [2.75, 3.05) is 7.11 Å². The van der Waals surface area contributed by atoms with E-state index in [1.807, 2.05) is 13.0 Å². The summed E-state index contributed by atoms with van der Waals surface area (Å²) in [5, 5.41) is 0. The van der Waals surface area contributed by atoms with Crippen LogP contribution in [0.15, 0.2) is 36.7 Å². The van der Waals surface area contributed by atoms with Gasteiger partial charge in [-0.2, -0.15) is 0 Å². The van der Waals surface area contributed by atoms with Gasteiger partial charge in [0, 0.05) is 12.4 Å². The smallest absolute Gasteiger partial charge is 0.165 e. The summed E-state index contributed by atoms with van der Waals surface area (Å²) in [5.41, 5.74) is 8.99. The second-order valence-corrected chi connectivity index (χ2v) is 4.30. The molecule has 0 bridgehead atoms. The summed E-state index contributed by atoms with van der Waals surface area (Å²) < 4.78 is 18.6. The minimum absolute atomic E-state index is 0.224. The molecule has 4 heteroatoms. The van der Waals surface area contributed by atoms with Crippen LogP contribution in [0.4, 0.5) is 4.39 Å². The lowest BCUT2D eigenvalue weighted by Crippen LogP contribution is -2.14. The van der Waals surface area contributed by atoms with E-state index in [2.05, 4.69) is 4.98 Å². The first-order chi connectivity index (χ1) is 9.17. The van der Waals surface area contributed by atoms with Crippen LogP contribution in [0.1, 0.15) is 29.7 Å². The summed E-state index contributed by atoms with van der Waals surface area (Å²) >= 11 is 0. The number of aryl methyl sites for hydroxylation is 1. The summed E-state index contributed by atoms with van der Waals surface area (Å²) in [6.45, 7) is 2.04. The summed E-state index contributed by atoms with van der Waals surface area (Å²) in [7, 11) is 1.44. The normalized spacial score (nSPS) is 12.2. The number of halogens is 1. The van der Waals surface area contributed by atoms with E-state index < -0.39 is 5.82 Å². The van der Waals surface area contributed by atoms with Crippen LogP contribution in [0, 0.1) is 5.82 Å². The van der Waals surface area contributed by atoms with Crippen LogP contribution in [-0.2, 0) is 6.42 Å². The molecular formula is C15H17FN2O. The van der Waals surface area contributed by atoms with Crippen LogP contribution in [0.2, 0.25) is 0 Å². The number of ether oxygens (including phenoxy) is 1. The Morgan fingerprint density at radius 1 is 1.37 bits per heavy atom. The lowest BCUT2D eigenvalue weighted by atomic mass is 9.95. The fourth-order valence-electron chi connectivity index (χ4n) is 2.09. The molecule has 0 amide bonds. The zero-order valence-corrected chi connectivity index (χ0v) is 11.1. The van der Waals surface area contributed by atoms with Gasteiger partial charge in [-0.3, -0.25) is 4.98 Å². The molecule has 0 aliphatic rings. The Kier molecular flexibility index (Phi) is 4.12. The standard InChI is InChI=1S/C15H17FN2O/c1-3-10-9-18-7-6-12(10)15(17)11-4-5-14(19-2)13(16)8-11/h4-9,15H,3,17H2,1-2H3. The number of pyridine rings is 1. The molecular weight excluding hydrogens is 243 g/mol. The van der Waals surface area contributed by atoms with Crippen molar-refractivity contribution in [3.8, 4) is 5.75 Å². The Morgan fingerprint density at radius 2 is 2.16 bits per heavy atom. The quantitative estimate of drug-likeness (QED) is 0.919. The third kappa shape index (κ3) is 2.74. The second kappa shape index (κ2) is 5.80. The highest BCUT2D eigenvalue weighted by atomic mass is 19.1. The van der Waals surface area contributed by atoms with E-state index >= 15 is 0 Å². The van der Waals surface area contributed by atoms with Gasteiger partial charge in [0.05, 0.1) is 13.2 Å². The molecule has 0 aliphatic carbocycles. The molecule has 0 aliphatic heterocycles. The fourth-order valence-corrected chi connectivity index (χ4v) is 2.09. The minimum Gasteiger partial charge on any atom is -0.494 e. The molecule has 2 N–H and O–H groups in total. The van der Waals surface area contributed by atoms with E-state index in [1.54, 1.807) is 24.5 Å². The van der Waals surface area contributed by atoms with E-state index in [1.165, 1.54) is 13.2 Å². The molecule has 1 aromatic heterocycles. The van der Waals surface area contributed by atoms with Crippen LogP contribution in [0.3, 0.4) is 0 Å². The Bertz CT molecular complexity index is 572. The van der Waals surface area contributed by atoms with Gasteiger partial charge in [-0.15, -0.1) is 0 Å². The van der Waals surface area contributed by atoms with Gasteiger partial charge in [-0.05, 0) is 41.3 Å². The number of hydrogen-bond donors (Lipinski definition) is 1. The van der Waals surface area contributed by atoms with Gasteiger partial charge in [-0.25, -0.2) is 4.39 Å². The Labute approximate surface area is 112 Å². The van der Waals surface area contributed by atoms with Crippen LogP contribution in [0.25, 0.3) is 0 Å². The number of methoxy groups -OCH3 is 1. The van der Waals surface area contributed by atoms with Gasteiger partial charge >= 0.3 is 0 Å². The molecule has 1 unspecified atom stereocenters. The number of hydrogen-bond acceptors (Lipinski definition) is 3. The molecule has 1 atom stereocenters. The SMILES string of the molecule is CCc1cnccc1C(N)c1ccc(OC)c(F)c1. The maximum absolute atomic E-state index is 13.7. The maximum Gasteiger partial charge on any atom is 0.165 e. The number of nitrogens with two attached hydrogens (primary N) is 1. The van der Waals surface area contributed by atoms with E-state index in [9.17, 15) is 4.39 Å². The van der Waals surface area contributed by atoms with E-state index in [4.69, 9.17) is 10.5 Å². The monoisotopic (exact) mass is 260 g/mol. The highest BCUT2D eigenvalue weighted by molar-refractivity contribution is 5.38. The Hall–Kier alpha value is -1.94. The molecule has 0 radical (unpaired) electrons. The first-order valence-electron chi connectivity index (χ1n) is 6.19. The molecule has 3 nitrogen and oxygen atoms in total. The molecule has 2 aromatic rings. The van der Waals surface area contributed by atoms with Crippen molar-refractivity contribution in [3.05, 3.63) is 59.2 Å². The largest absolute Gasteiger partial charge is 0.494 e. The highest BCUT2D eigenvalue weighted by Gasteiger charge is 2.14. The summed E-state index contributed by atoms with van der Waals surface area (Å²) in [4.78, 5) is 4.09. The van der Waals surface area contributed by atoms with E-state index in [0.717, 1.165) is 23.1 Å². The van der Waals surface area contributed by atoms with Gasteiger partial charge in [0.25, 0.3) is 0 Å². The Balaban J connectivity index is 2.38. The van der Waals surface area contributed by atoms with Crippen molar-refractivity contribution in [2.24, 2.45) is 5.73 Å². The van der Waals surface area contributed by atoms with Gasteiger partial charge in [0.1, 0.15) is 0 Å². The van der Waals surface area contributed by atoms with Crippen molar-refractivity contribution in [1.29, 1.82) is 0 Å². The molecule has 1 aromatic carbocycles. The van der Waals surface area contributed by atoms with Crippen LogP contribution in [-0.4, -0.2) is 12.1 Å². The predicted molar refractivity (Wildman–Crippen MR) is 72.6 cm³/mol. The minimum atomic E-state index is -0.400. The Morgan fingerprint density at radius 3 is 2.79 bits per heavy atom. The number of benzene rings is 1. The fraction of sp³-hybridized carbons (Fsp3) is 0.267. The number of aromatic nitrogens is 1.